The van der Waals surface area contributed by atoms with Crippen LogP contribution in [0.5, 0.6) is 0 Å². The molecule has 7 nitrogen and oxygen atoms in total. The third kappa shape index (κ3) is 5.74. The van der Waals surface area contributed by atoms with Crippen LogP contribution in [0.3, 0.4) is 0 Å². The van der Waals surface area contributed by atoms with Crippen molar-refractivity contribution in [1.82, 2.24) is 19.7 Å². The van der Waals surface area contributed by atoms with Crippen molar-refractivity contribution in [3.63, 3.8) is 0 Å². The Morgan fingerprint density at radius 2 is 1.94 bits per heavy atom. The van der Waals surface area contributed by atoms with Crippen LogP contribution in [0, 0.1) is 15.2 Å². The van der Waals surface area contributed by atoms with Crippen molar-refractivity contribution in [3.8, 4) is 0 Å². The number of carbonyl (C=O) groups excluding carboxylic acids is 1. The van der Waals surface area contributed by atoms with Crippen LogP contribution >= 0.6 is 22.6 Å². The van der Waals surface area contributed by atoms with Gasteiger partial charge in [0.2, 0.25) is 0 Å². The minimum absolute atomic E-state index is 0.00777. The molecule has 1 unspecified atom stereocenters. The number of nitrogens with zero attached hydrogens (tertiary/aromatic N) is 4. The Balaban J connectivity index is 1.43. The number of carbonyl (C=O) groups is 1. The molecule has 0 amide bonds. The molecule has 1 fully saturated rings. The number of rotatable bonds is 7. The highest BCUT2D eigenvalue weighted by atomic mass is 127. The molecular weight excluding hydrogens is 545 g/mol. The van der Waals surface area contributed by atoms with E-state index < -0.39 is 17.2 Å². The zero-order chi connectivity index (χ0) is 23.4. The summed E-state index contributed by atoms with van der Waals surface area (Å²) in [5, 5.41) is 15.5. The highest BCUT2D eigenvalue weighted by Gasteiger charge is 2.37. The summed E-state index contributed by atoms with van der Waals surface area (Å²) in [5.41, 5.74) is -1.13. The summed E-state index contributed by atoms with van der Waals surface area (Å²) in [4.78, 5) is 18.4. The molecule has 0 radical (unpaired) electrons. The van der Waals surface area contributed by atoms with Crippen molar-refractivity contribution in [2.75, 3.05) is 19.6 Å². The number of β-amino-alcohol motifs (C(OH)–C–C–N with tert-alkyl or cyclic N) is 1. The van der Waals surface area contributed by atoms with Crippen LogP contribution in [-0.2, 0) is 16.9 Å². The average Bonchev–Trinajstić information content (AvgIpc) is 3.28. The summed E-state index contributed by atoms with van der Waals surface area (Å²) >= 11 is 2.10. The first kappa shape index (κ1) is 23.7. The number of hydrogen-bond donors (Lipinski definition) is 1. The lowest BCUT2D eigenvalue weighted by molar-refractivity contribution is -0.0397. The minimum Gasteiger partial charge on any atom is -0.459 e. The van der Waals surface area contributed by atoms with Gasteiger partial charge in [0.25, 0.3) is 0 Å². The van der Waals surface area contributed by atoms with Gasteiger partial charge in [-0.3, -0.25) is 4.90 Å². The van der Waals surface area contributed by atoms with Gasteiger partial charge in [0.1, 0.15) is 36.0 Å². The van der Waals surface area contributed by atoms with Crippen LogP contribution in [0.15, 0.2) is 55.1 Å². The number of ether oxygens (including phenoxy) is 1. The number of esters is 1. The zero-order valence-corrected chi connectivity index (χ0v) is 19.9. The van der Waals surface area contributed by atoms with Gasteiger partial charge in [0.15, 0.2) is 0 Å². The summed E-state index contributed by atoms with van der Waals surface area (Å²) in [6, 6.07) is 10.4. The molecule has 10 heteroatoms. The quantitative estimate of drug-likeness (QED) is 0.348. The number of hydrogen-bond acceptors (Lipinski definition) is 6. The van der Waals surface area contributed by atoms with Gasteiger partial charge < -0.3 is 9.84 Å². The topological polar surface area (TPSA) is 80.5 Å². The van der Waals surface area contributed by atoms with Crippen molar-refractivity contribution < 1.29 is 23.4 Å². The lowest BCUT2D eigenvalue weighted by Gasteiger charge is -2.38. The fraction of sp³-hybridized carbons (Fsp3) is 0.348. The normalized spacial score (nSPS) is 17.0. The highest BCUT2D eigenvalue weighted by Crippen LogP contribution is 2.29. The molecule has 0 spiro atoms. The molecule has 33 heavy (non-hydrogen) atoms. The van der Waals surface area contributed by atoms with Crippen molar-refractivity contribution in [3.05, 3.63) is 81.5 Å². The van der Waals surface area contributed by atoms with Crippen molar-refractivity contribution in [2.45, 2.75) is 31.1 Å². The predicted molar refractivity (Wildman–Crippen MR) is 124 cm³/mol. The molecule has 1 aliphatic heterocycles. The lowest BCUT2D eigenvalue weighted by atomic mass is 9.91. The fourth-order valence-electron chi connectivity index (χ4n) is 4.07. The smallest absolute Gasteiger partial charge is 0.339 e. The number of likely N-dealkylation sites (tertiary alicyclic amines) is 1. The van der Waals surface area contributed by atoms with Gasteiger partial charge >= 0.3 is 5.97 Å². The van der Waals surface area contributed by atoms with Crippen LogP contribution in [-0.4, -0.2) is 56.5 Å². The number of aromatic nitrogens is 3. The number of benzene rings is 2. The first-order chi connectivity index (χ1) is 15.8. The van der Waals surface area contributed by atoms with Gasteiger partial charge in [-0.2, -0.15) is 5.10 Å². The third-order valence-corrected chi connectivity index (χ3v) is 6.65. The summed E-state index contributed by atoms with van der Waals surface area (Å²) in [6.45, 7) is 1.15. The van der Waals surface area contributed by atoms with Gasteiger partial charge in [-0.15, -0.1) is 0 Å². The van der Waals surface area contributed by atoms with E-state index in [0.29, 0.717) is 31.5 Å². The number of aliphatic hydroxyl groups is 1. The first-order valence-electron chi connectivity index (χ1n) is 10.5. The number of piperidine rings is 1. The molecule has 1 saturated heterocycles. The Bertz CT molecular complexity index is 1110. The molecule has 0 bridgehead atoms. The molecule has 1 atom stereocenters. The van der Waals surface area contributed by atoms with Crippen molar-refractivity contribution in [2.24, 2.45) is 0 Å². The molecule has 0 aliphatic carbocycles. The molecule has 1 aromatic heterocycles. The first-order valence-corrected chi connectivity index (χ1v) is 11.6. The largest absolute Gasteiger partial charge is 0.459 e. The van der Waals surface area contributed by atoms with E-state index in [1.165, 1.54) is 23.4 Å². The lowest BCUT2D eigenvalue weighted by Crippen LogP contribution is -2.48. The molecule has 2 aromatic carbocycles. The molecule has 3 aromatic rings. The van der Waals surface area contributed by atoms with Crippen LogP contribution < -0.4 is 0 Å². The molecule has 0 saturated carbocycles. The Morgan fingerprint density at radius 3 is 2.61 bits per heavy atom. The van der Waals surface area contributed by atoms with Gasteiger partial charge in [-0.25, -0.2) is 23.2 Å². The van der Waals surface area contributed by atoms with Gasteiger partial charge in [0.05, 0.1) is 12.1 Å². The Morgan fingerprint density at radius 1 is 1.18 bits per heavy atom. The predicted octanol–water partition coefficient (Wildman–Crippen LogP) is 3.37. The average molecular weight is 568 g/mol. The summed E-state index contributed by atoms with van der Waals surface area (Å²) in [7, 11) is 0. The molecule has 2 heterocycles. The molecule has 4 rings (SSSR count). The highest BCUT2D eigenvalue weighted by molar-refractivity contribution is 14.1. The van der Waals surface area contributed by atoms with Crippen LogP contribution in [0.4, 0.5) is 8.78 Å². The van der Waals surface area contributed by atoms with E-state index in [0.717, 1.165) is 15.7 Å². The van der Waals surface area contributed by atoms with E-state index in [4.69, 9.17) is 4.74 Å². The Kier molecular flexibility index (Phi) is 7.35. The van der Waals surface area contributed by atoms with E-state index in [2.05, 4.69) is 32.7 Å². The van der Waals surface area contributed by atoms with Crippen molar-refractivity contribution in [1.29, 1.82) is 0 Å². The number of halogens is 3. The van der Waals surface area contributed by atoms with Gasteiger partial charge in [-0.05, 0) is 53.6 Å². The second kappa shape index (κ2) is 10.2. The fourth-order valence-corrected chi connectivity index (χ4v) is 4.67. The summed E-state index contributed by atoms with van der Waals surface area (Å²) in [5.74, 6) is -1.89. The second-order valence-corrected chi connectivity index (χ2v) is 9.27. The monoisotopic (exact) mass is 568 g/mol. The van der Waals surface area contributed by atoms with Crippen LogP contribution in [0.1, 0.15) is 28.8 Å². The van der Waals surface area contributed by atoms with E-state index in [-0.39, 0.29) is 30.7 Å². The maximum atomic E-state index is 14.6. The van der Waals surface area contributed by atoms with Crippen LogP contribution in [0.2, 0.25) is 0 Å². The zero-order valence-electron chi connectivity index (χ0n) is 17.7. The van der Waals surface area contributed by atoms with E-state index in [9.17, 15) is 18.7 Å². The minimum atomic E-state index is -1.66. The maximum Gasteiger partial charge on any atom is 0.339 e. The molecular formula is C23H23F2IN4O3. The van der Waals surface area contributed by atoms with Crippen molar-refractivity contribution >= 4 is 28.6 Å². The summed E-state index contributed by atoms with van der Waals surface area (Å²) in [6.07, 6.45) is 3.69. The van der Waals surface area contributed by atoms with Gasteiger partial charge in [0, 0.05) is 34.8 Å². The van der Waals surface area contributed by atoms with Crippen LogP contribution in [0.25, 0.3) is 0 Å². The Hall–Kier alpha value is -2.44. The molecule has 1 aliphatic rings. The molecule has 1 N–H and O–H groups in total. The summed E-state index contributed by atoms with van der Waals surface area (Å²) < 4.78 is 36.0. The van der Waals surface area contributed by atoms with E-state index >= 15 is 0 Å². The molecule has 174 valence electrons. The Labute approximate surface area is 203 Å². The third-order valence-electron chi connectivity index (χ3n) is 5.71. The van der Waals surface area contributed by atoms with E-state index in [1.807, 2.05) is 17.0 Å². The van der Waals surface area contributed by atoms with E-state index in [1.54, 1.807) is 12.1 Å². The SMILES string of the molecule is O=C(OC1CCN(CC(O)(Cn2cncn2)c2ccc(F)cc2F)CC1)c1ccccc1I. The second-order valence-electron chi connectivity index (χ2n) is 8.11. The maximum absolute atomic E-state index is 14.6. The van der Waals surface area contributed by atoms with Gasteiger partial charge in [-0.1, -0.05) is 18.2 Å². The standard InChI is InChI=1S/C23H23F2IN4O3/c24-16-5-6-19(20(25)11-16)23(32,13-30-15-27-14-28-30)12-29-9-7-17(8-10-29)33-22(31)18-3-1-2-4-21(18)26/h1-6,11,14-15,17,32H,7-10,12-13H2.